The molecule has 1 saturated heterocycles. The molecule has 23 heavy (non-hydrogen) atoms. The van der Waals surface area contributed by atoms with E-state index in [4.69, 9.17) is 0 Å². The number of thioether (sulfide) groups is 1. The summed E-state index contributed by atoms with van der Waals surface area (Å²) in [5, 5.41) is 3.22. The fourth-order valence-electron chi connectivity index (χ4n) is 2.05. The molecular formula is C17H15N3OS2. The second-order valence-corrected chi connectivity index (χ2v) is 6.54. The molecule has 0 bridgehead atoms. The molecule has 1 aromatic heterocycles. The van der Waals surface area contributed by atoms with E-state index in [1.807, 2.05) is 60.9 Å². The lowest BCUT2D eigenvalue weighted by atomic mass is 10.2. The summed E-state index contributed by atoms with van der Waals surface area (Å²) in [5.74, 6) is -0.00878. The Morgan fingerprint density at radius 1 is 1.30 bits per heavy atom. The van der Waals surface area contributed by atoms with Crippen molar-refractivity contribution in [3.05, 3.63) is 64.5 Å². The van der Waals surface area contributed by atoms with Crippen LogP contribution in [-0.2, 0) is 4.79 Å². The number of allylic oxidation sites excluding steroid dienone is 2. The number of carbonyl (C=O) groups excluding carboxylic acids is 1. The van der Waals surface area contributed by atoms with Gasteiger partial charge in [-0.3, -0.25) is 9.69 Å². The Hall–Kier alpha value is -2.18. The molecular weight excluding hydrogens is 326 g/mol. The van der Waals surface area contributed by atoms with Crippen LogP contribution < -0.4 is 0 Å². The quantitative estimate of drug-likeness (QED) is 0.778. The highest BCUT2D eigenvalue weighted by molar-refractivity contribution is 8.18. The first-order valence-corrected chi connectivity index (χ1v) is 8.89. The van der Waals surface area contributed by atoms with Gasteiger partial charge in [-0.05, 0) is 30.3 Å². The van der Waals surface area contributed by atoms with Gasteiger partial charge in [0.15, 0.2) is 5.17 Å². The third-order valence-electron chi connectivity index (χ3n) is 3.15. The first-order valence-electron chi connectivity index (χ1n) is 7.19. The number of aromatic nitrogens is 1. The summed E-state index contributed by atoms with van der Waals surface area (Å²) in [4.78, 5) is 23.4. The number of amides is 1. The smallest absolute Gasteiger partial charge is 0.266 e. The van der Waals surface area contributed by atoms with E-state index in [0.717, 1.165) is 5.56 Å². The van der Waals surface area contributed by atoms with Gasteiger partial charge in [0, 0.05) is 18.1 Å². The summed E-state index contributed by atoms with van der Waals surface area (Å²) in [5.41, 5.74) is 1.10. The van der Waals surface area contributed by atoms with E-state index in [0.29, 0.717) is 21.7 Å². The number of hydrogen-bond acceptors (Lipinski definition) is 5. The highest BCUT2D eigenvalue weighted by Crippen LogP contribution is 2.32. The Kier molecular flexibility index (Phi) is 5.05. The predicted molar refractivity (Wildman–Crippen MR) is 97.7 cm³/mol. The first-order chi connectivity index (χ1) is 11.3. The second kappa shape index (κ2) is 7.39. The maximum absolute atomic E-state index is 12.4. The monoisotopic (exact) mass is 341 g/mol. The molecule has 1 aliphatic rings. The van der Waals surface area contributed by atoms with Crippen LogP contribution in [-0.4, -0.2) is 27.5 Å². The van der Waals surface area contributed by atoms with E-state index in [1.54, 1.807) is 11.1 Å². The zero-order valence-corrected chi connectivity index (χ0v) is 14.2. The molecule has 0 atom stereocenters. The number of benzene rings is 1. The molecule has 3 rings (SSSR count). The highest BCUT2D eigenvalue weighted by Gasteiger charge is 2.31. The minimum atomic E-state index is -0.00878. The summed E-state index contributed by atoms with van der Waals surface area (Å²) in [6.07, 6.45) is 7.43. The van der Waals surface area contributed by atoms with Crippen LogP contribution in [0.2, 0.25) is 0 Å². The van der Waals surface area contributed by atoms with Crippen LogP contribution in [0.3, 0.4) is 0 Å². The van der Waals surface area contributed by atoms with Crippen molar-refractivity contribution in [2.75, 3.05) is 6.54 Å². The van der Waals surface area contributed by atoms with Crippen molar-refractivity contribution >= 4 is 45.4 Å². The van der Waals surface area contributed by atoms with Crippen molar-refractivity contribution in [3.63, 3.8) is 0 Å². The largest absolute Gasteiger partial charge is 0.287 e. The molecule has 2 heterocycles. The standard InChI is InChI=1S/C17H15N3OS2/c1-2-20-15(21)14(10-6-9-13-7-4-3-5-8-13)23-17(20)19-16-18-11-12-22-16/h3-12H,2H2,1H3/b9-6+,14-10-,19-17+. The van der Waals surface area contributed by atoms with Gasteiger partial charge in [0.1, 0.15) is 0 Å². The molecule has 4 nitrogen and oxygen atoms in total. The highest BCUT2D eigenvalue weighted by atomic mass is 32.2. The van der Waals surface area contributed by atoms with Crippen LogP contribution in [0.25, 0.3) is 6.08 Å². The Labute approximate surface area is 143 Å². The summed E-state index contributed by atoms with van der Waals surface area (Å²) in [7, 11) is 0. The minimum absolute atomic E-state index is 0.00878. The Morgan fingerprint density at radius 3 is 2.83 bits per heavy atom. The lowest BCUT2D eigenvalue weighted by Gasteiger charge is -2.11. The lowest BCUT2D eigenvalue weighted by Crippen LogP contribution is -2.28. The fourth-order valence-corrected chi connectivity index (χ4v) is 3.61. The molecule has 0 aliphatic carbocycles. The van der Waals surface area contributed by atoms with Crippen molar-refractivity contribution < 1.29 is 4.79 Å². The number of likely N-dealkylation sites (N-methyl/N-ethyl adjacent to an activating group) is 1. The number of amidine groups is 1. The van der Waals surface area contributed by atoms with Crippen LogP contribution >= 0.6 is 23.1 Å². The molecule has 6 heteroatoms. The zero-order valence-electron chi connectivity index (χ0n) is 12.5. The normalized spacial score (nSPS) is 18.7. The van der Waals surface area contributed by atoms with Gasteiger partial charge in [-0.2, -0.15) is 4.99 Å². The van der Waals surface area contributed by atoms with E-state index in [1.165, 1.54) is 23.1 Å². The maximum Gasteiger partial charge on any atom is 0.266 e. The van der Waals surface area contributed by atoms with E-state index in [9.17, 15) is 4.79 Å². The second-order valence-electron chi connectivity index (χ2n) is 4.66. The van der Waals surface area contributed by atoms with Gasteiger partial charge >= 0.3 is 0 Å². The van der Waals surface area contributed by atoms with Gasteiger partial charge in [-0.15, -0.1) is 11.3 Å². The molecule has 1 amide bonds. The number of hydrogen-bond donors (Lipinski definition) is 0. The van der Waals surface area contributed by atoms with E-state index in [-0.39, 0.29) is 5.91 Å². The van der Waals surface area contributed by atoms with E-state index in [2.05, 4.69) is 9.98 Å². The Balaban J connectivity index is 1.80. The molecule has 0 unspecified atom stereocenters. The fraction of sp³-hybridized carbons (Fsp3) is 0.118. The number of carbonyl (C=O) groups is 1. The molecule has 0 N–H and O–H groups in total. The SMILES string of the molecule is CCN1C(=O)/C(=C/C=C/c2ccccc2)S/C1=N/c1nccs1. The number of aliphatic imine (C=N–C) groups is 1. The molecule has 116 valence electrons. The number of nitrogens with zero attached hydrogens (tertiary/aromatic N) is 3. The Morgan fingerprint density at radius 2 is 2.13 bits per heavy atom. The lowest BCUT2D eigenvalue weighted by molar-refractivity contribution is -0.122. The van der Waals surface area contributed by atoms with E-state index < -0.39 is 0 Å². The molecule has 2 aromatic rings. The topological polar surface area (TPSA) is 45.6 Å². The predicted octanol–water partition coefficient (Wildman–Crippen LogP) is 4.32. The Bertz CT molecular complexity index is 764. The third-order valence-corrected chi connectivity index (χ3v) is 4.84. The summed E-state index contributed by atoms with van der Waals surface area (Å²) < 4.78 is 0. The van der Waals surface area contributed by atoms with Crippen molar-refractivity contribution in [2.24, 2.45) is 4.99 Å². The zero-order chi connectivity index (χ0) is 16.1. The third kappa shape index (κ3) is 3.78. The average molecular weight is 341 g/mol. The molecule has 0 saturated carbocycles. The number of thiazole rings is 1. The number of rotatable bonds is 4. The molecule has 1 aliphatic heterocycles. The van der Waals surface area contributed by atoms with Crippen LogP contribution in [0.1, 0.15) is 12.5 Å². The van der Waals surface area contributed by atoms with Crippen LogP contribution in [0.4, 0.5) is 5.13 Å². The van der Waals surface area contributed by atoms with Crippen LogP contribution in [0.15, 0.2) is 64.0 Å². The van der Waals surface area contributed by atoms with Crippen LogP contribution in [0.5, 0.6) is 0 Å². The first kappa shape index (κ1) is 15.7. The molecule has 1 fully saturated rings. The van der Waals surface area contributed by atoms with Gasteiger partial charge in [0.05, 0.1) is 4.91 Å². The van der Waals surface area contributed by atoms with Gasteiger partial charge in [0.25, 0.3) is 5.91 Å². The molecule has 1 aromatic carbocycles. The average Bonchev–Trinajstić information content (AvgIpc) is 3.17. The van der Waals surface area contributed by atoms with Crippen molar-refractivity contribution in [3.8, 4) is 0 Å². The molecule has 0 spiro atoms. The van der Waals surface area contributed by atoms with Gasteiger partial charge in [-0.25, -0.2) is 4.98 Å². The summed E-state index contributed by atoms with van der Waals surface area (Å²) >= 11 is 2.84. The van der Waals surface area contributed by atoms with Gasteiger partial charge in [0.2, 0.25) is 5.13 Å². The van der Waals surface area contributed by atoms with Crippen molar-refractivity contribution in [1.29, 1.82) is 0 Å². The molecule has 0 radical (unpaired) electrons. The van der Waals surface area contributed by atoms with Gasteiger partial charge in [-0.1, -0.05) is 42.5 Å². The minimum Gasteiger partial charge on any atom is -0.287 e. The van der Waals surface area contributed by atoms with Crippen molar-refractivity contribution in [2.45, 2.75) is 6.92 Å². The maximum atomic E-state index is 12.4. The summed E-state index contributed by atoms with van der Waals surface area (Å²) in [6, 6.07) is 9.99. The van der Waals surface area contributed by atoms with E-state index >= 15 is 0 Å². The van der Waals surface area contributed by atoms with Crippen molar-refractivity contribution in [1.82, 2.24) is 9.88 Å². The van der Waals surface area contributed by atoms with Gasteiger partial charge < -0.3 is 0 Å². The summed E-state index contributed by atoms with van der Waals surface area (Å²) in [6.45, 7) is 2.54. The van der Waals surface area contributed by atoms with Crippen LogP contribution in [0, 0.1) is 0 Å².